The molecule has 2 aromatic carbocycles. The first kappa shape index (κ1) is 29.8. The molecular weight excluding hydrogens is 481 g/mol. The summed E-state index contributed by atoms with van der Waals surface area (Å²) in [6.45, 7) is 8.79. The van der Waals surface area contributed by atoms with Gasteiger partial charge in [0.2, 0.25) is 0 Å². The van der Waals surface area contributed by atoms with Crippen molar-refractivity contribution in [3.63, 3.8) is 0 Å². The number of carbonyl (C=O) groups is 1. The Kier molecular flexibility index (Phi) is 14.0. The van der Waals surface area contributed by atoms with Crippen LogP contribution >= 0.6 is 23.2 Å². The zero-order valence-electron chi connectivity index (χ0n) is 20.2. The first-order valence-corrected chi connectivity index (χ1v) is 11.5. The van der Waals surface area contributed by atoms with E-state index in [4.69, 9.17) is 28.3 Å². The average molecular weight is 512 g/mol. The van der Waals surface area contributed by atoms with Crippen molar-refractivity contribution in [1.29, 1.82) is 0 Å². The number of carbonyl (C=O) groups excluding carboxylic acids is 1. The fourth-order valence-corrected chi connectivity index (χ4v) is 3.64. The Balaban J connectivity index is 0.000000368. The van der Waals surface area contributed by atoms with Crippen molar-refractivity contribution < 1.29 is 9.90 Å². The molecule has 0 spiro atoms. The molecule has 0 radical (unpaired) electrons. The van der Waals surface area contributed by atoms with Crippen LogP contribution in [-0.4, -0.2) is 35.5 Å². The van der Waals surface area contributed by atoms with E-state index in [9.17, 15) is 4.79 Å². The molecular formula is C28H31Cl2N3O2. The average Bonchev–Trinajstić information content (AvgIpc) is 3.27. The minimum atomic E-state index is 0.429. The maximum absolute atomic E-state index is 11.0. The molecule has 2 aromatic heterocycles. The van der Waals surface area contributed by atoms with E-state index in [1.807, 2.05) is 80.8 Å². The van der Waals surface area contributed by atoms with Gasteiger partial charge < -0.3 is 15.4 Å². The summed E-state index contributed by atoms with van der Waals surface area (Å²) in [4.78, 5) is 18.2. The number of hydrogen-bond donors (Lipinski definition) is 3. The molecule has 7 heteroatoms. The van der Waals surface area contributed by atoms with Gasteiger partial charge in [-0.05, 0) is 54.4 Å². The number of aliphatic hydroxyl groups is 1. The summed E-state index contributed by atoms with van der Waals surface area (Å²) in [5.74, 6) is 0. The fraction of sp³-hybridized carbons (Fsp3) is 0.143. The summed E-state index contributed by atoms with van der Waals surface area (Å²) in [6.07, 6.45) is 4.42. The Hall–Kier alpha value is -3.22. The van der Waals surface area contributed by atoms with Crippen LogP contribution in [0, 0.1) is 6.92 Å². The SMILES string of the molecule is C=C.CNCc1cccc(Cl)c1.CO.Cc1c(-c2cc(Cl)ncc2-c2ccccc2)c[nH]c1C=O. The summed E-state index contributed by atoms with van der Waals surface area (Å²) >= 11 is 11.8. The largest absolute Gasteiger partial charge is 0.400 e. The number of nitrogens with one attached hydrogen (secondary N) is 2. The lowest BCUT2D eigenvalue weighted by atomic mass is 9.96. The Morgan fingerprint density at radius 3 is 2.26 bits per heavy atom. The lowest BCUT2D eigenvalue weighted by molar-refractivity contribution is 0.111. The van der Waals surface area contributed by atoms with E-state index in [0.717, 1.165) is 52.8 Å². The quantitative estimate of drug-likeness (QED) is 0.153. The minimum Gasteiger partial charge on any atom is -0.400 e. The van der Waals surface area contributed by atoms with Crippen molar-refractivity contribution in [3.05, 3.63) is 113 Å². The molecule has 0 atom stereocenters. The first-order valence-electron chi connectivity index (χ1n) is 10.7. The maximum atomic E-state index is 11.0. The Bertz CT molecular complexity index is 1180. The highest BCUT2D eigenvalue weighted by molar-refractivity contribution is 6.30. The van der Waals surface area contributed by atoms with Gasteiger partial charge in [0, 0.05) is 42.2 Å². The molecule has 0 bridgehead atoms. The van der Waals surface area contributed by atoms with Crippen LogP contribution in [0.15, 0.2) is 86.2 Å². The van der Waals surface area contributed by atoms with E-state index in [1.54, 1.807) is 6.20 Å². The highest BCUT2D eigenvalue weighted by Crippen LogP contribution is 2.35. The summed E-state index contributed by atoms with van der Waals surface area (Å²) < 4.78 is 0. The summed E-state index contributed by atoms with van der Waals surface area (Å²) in [6, 6.07) is 19.6. The molecule has 2 heterocycles. The van der Waals surface area contributed by atoms with Crippen LogP contribution in [-0.2, 0) is 6.54 Å². The molecule has 4 rings (SSSR count). The van der Waals surface area contributed by atoms with Crippen LogP contribution in [0.2, 0.25) is 10.2 Å². The summed E-state index contributed by atoms with van der Waals surface area (Å²) in [5, 5.41) is 11.3. The fourth-order valence-electron chi connectivity index (χ4n) is 3.27. The molecule has 184 valence electrons. The van der Waals surface area contributed by atoms with Gasteiger partial charge in [0.05, 0.1) is 5.69 Å². The van der Waals surface area contributed by atoms with Crippen LogP contribution in [0.1, 0.15) is 21.6 Å². The van der Waals surface area contributed by atoms with E-state index >= 15 is 0 Å². The highest BCUT2D eigenvalue weighted by Gasteiger charge is 2.14. The van der Waals surface area contributed by atoms with Gasteiger partial charge in [0.15, 0.2) is 6.29 Å². The second kappa shape index (κ2) is 16.4. The number of aldehydes is 1. The van der Waals surface area contributed by atoms with Crippen LogP contribution in [0.3, 0.4) is 0 Å². The van der Waals surface area contributed by atoms with Crippen molar-refractivity contribution >= 4 is 29.5 Å². The maximum Gasteiger partial charge on any atom is 0.166 e. The summed E-state index contributed by atoms with van der Waals surface area (Å²) in [5.41, 5.74) is 6.67. The van der Waals surface area contributed by atoms with Crippen molar-refractivity contribution in [2.24, 2.45) is 0 Å². The van der Waals surface area contributed by atoms with Crippen molar-refractivity contribution in [2.75, 3.05) is 14.2 Å². The number of benzene rings is 2. The smallest absolute Gasteiger partial charge is 0.166 e. The van der Waals surface area contributed by atoms with E-state index < -0.39 is 0 Å². The molecule has 0 aliphatic heterocycles. The Labute approximate surface area is 217 Å². The second-order valence-electron chi connectivity index (χ2n) is 6.94. The van der Waals surface area contributed by atoms with Crippen molar-refractivity contribution in [1.82, 2.24) is 15.3 Å². The third-order valence-electron chi connectivity index (χ3n) is 4.81. The lowest BCUT2D eigenvalue weighted by Crippen LogP contribution is -2.04. The van der Waals surface area contributed by atoms with E-state index in [-0.39, 0.29) is 0 Å². The van der Waals surface area contributed by atoms with E-state index in [0.29, 0.717) is 10.8 Å². The van der Waals surface area contributed by atoms with Gasteiger partial charge in [-0.2, -0.15) is 0 Å². The van der Waals surface area contributed by atoms with Gasteiger partial charge in [-0.25, -0.2) is 4.98 Å². The van der Waals surface area contributed by atoms with Crippen LogP contribution < -0.4 is 5.32 Å². The third kappa shape index (κ3) is 8.81. The lowest BCUT2D eigenvalue weighted by Gasteiger charge is -2.10. The number of hydrogen-bond acceptors (Lipinski definition) is 4. The molecule has 0 saturated carbocycles. The molecule has 0 saturated heterocycles. The van der Waals surface area contributed by atoms with Gasteiger partial charge >= 0.3 is 0 Å². The van der Waals surface area contributed by atoms with Crippen LogP contribution in [0.5, 0.6) is 0 Å². The second-order valence-corrected chi connectivity index (χ2v) is 7.76. The van der Waals surface area contributed by atoms with E-state index in [1.165, 1.54) is 5.56 Å². The normalized spacial score (nSPS) is 9.43. The molecule has 5 nitrogen and oxygen atoms in total. The molecule has 0 unspecified atom stereocenters. The molecule has 4 aromatic rings. The number of H-pyrrole nitrogens is 1. The number of aromatic amines is 1. The Morgan fingerprint density at radius 1 is 1.00 bits per heavy atom. The molecule has 35 heavy (non-hydrogen) atoms. The minimum absolute atomic E-state index is 0.429. The zero-order valence-corrected chi connectivity index (χ0v) is 21.7. The van der Waals surface area contributed by atoms with Gasteiger partial charge in [0.1, 0.15) is 5.15 Å². The molecule has 3 N–H and O–H groups in total. The van der Waals surface area contributed by atoms with Crippen molar-refractivity contribution in [2.45, 2.75) is 13.5 Å². The number of aromatic nitrogens is 2. The predicted molar refractivity (Wildman–Crippen MR) is 148 cm³/mol. The number of aliphatic hydroxyl groups excluding tert-OH is 1. The van der Waals surface area contributed by atoms with Gasteiger partial charge in [0.25, 0.3) is 0 Å². The standard InChI is InChI=1S/C17H13ClN2O.C8H10ClN.C2H4.CH4O/c1-11-14(8-19-16(11)10-21)13-7-17(18)20-9-15(13)12-5-3-2-4-6-12;1-10-6-7-3-2-4-8(9)5-7;2*1-2/h2-10,19H,1H3;2-5,10H,6H2,1H3;1-2H2;2H,1H3. The number of halogens is 2. The van der Waals surface area contributed by atoms with Gasteiger partial charge in [-0.15, -0.1) is 13.2 Å². The molecule has 0 aliphatic rings. The van der Waals surface area contributed by atoms with Gasteiger partial charge in [-0.1, -0.05) is 65.7 Å². The first-order chi connectivity index (χ1) is 17.0. The number of rotatable bonds is 5. The predicted octanol–water partition coefficient (Wildman–Crippen LogP) is 6.99. The highest BCUT2D eigenvalue weighted by atomic mass is 35.5. The molecule has 0 fully saturated rings. The van der Waals surface area contributed by atoms with Crippen LogP contribution in [0.25, 0.3) is 22.3 Å². The van der Waals surface area contributed by atoms with Crippen LogP contribution in [0.4, 0.5) is 0 Å². The van der Waals surface area contributed by atoms with Crippen molar-refractivity contribution in [3.8, 4) is 22.3 Å². The Morgan fingerprint density at radius 2 is 1.69 bits per heavy atom. The summed E-state index contributed by atoms with van der Waals surface area (Å²) in [7, 11) is 2.92. The van der Waals surface area contributed by atoms with Gasteiger partial charge in [-0.3, -0.25) is 4.79 Å². The molecule has 0 aliphatic carbocycles. The number of nitrogens with zero attached hydrogens (tertiary/aromatic N) is 1. The monoisotopic (exact) mass is 511 g/mol. The zero-order chi connectivity index (χ0) is 26.2. The number of pyridine rings is 1. The third-order valence-corrected chi connectivity index (χ3v) is 5.26. The van der Waals surface area contributed by atoms with E-state index in [2.05, 4.69) is 28.4 Å². The topological polar surface area (TPSA) is 78.0 Å². The molecule has 0 amide bonds.